The van der Waals surface area contributed by atoms with Crippen LogP contribution in [0.25, 0.3) is 10.9 Å². The molecule has 106 valence electrons. The first-order chi connectivity index (χ1) is 9.63. The Labute approximate surface area is 127 Å². The zero-order chi connectivity index (χ0) is 14.1. The largest absolute Gasteiger partial charge is 0.339 e. The van der Waals surface area contributed by atoms with Crippen LogP contribution < -0.4 is 0 Å². The third kappa shape index (κ3) is 2.74. The van der Waals surface area contributed by atoms with Gasteiger partial charge in [0.2, 0.25) is 5.91 Å². The van der Waals surface area contributed by atoms with E-state index < -0.39 is 0 Å². The Bertz CT molecular complexity index is 629. The SMILES string of the molecule is CN1CCN(C(=O)Cn2ccc3ccc(Br)cc32)CC1. The quantitative estimate of drug-likeness (QED) is 0.841. The van der Waals surface area contributed by atoms with Gasteiger partial charge >= 0.3 is 0 Å². The van der Waals surface area contributed by atoms with Crippen molar-refractivity contribution in [3.8, 4) is 0 Å². The van der Waals surface area contributed by atoms with Crippen molar-refractivity contribution < 1.29 is 4.79 Å². The van der Waals surface area contributed by atoms with Crippen LogP contribution in [0.15, 0.2) is 34.9 Å². The maximum atomic E-state index is 12.4. The molecular formula is C15H18BrN3O. The molecular weight excluding hydrogens is 318 g/mol. The summed E-state index contributed by atoms with van der Waals surface area (Å²) in [6.45, 7) is 4.01. The lowest BCUT2D eigenvalue weighted by molar-refractivity contribution is -0.133. The number of nitrogens with zero attached hydrogens (tertiary/aromatic N) is 3. The van der Waals surface area contributed by atoms with E-state index in [4.69, 9.17) is 0 Å². The molecule has 0 spiro atoms. The molecule has 0 aliphatic carbocycles. The van der Waals surface area contributed by atoms with E-state index in [1.165, 1.54) is 5.39 Å². The van der Waals surface area contributed by atoms with Crippen LogP contribution in [0.2, 0.25) is 0 Å². The van der Waals surface area contributed by atoms with Crippen molar-refractivity contribution in [1.29, 1.82) is 0 Å². The zero-order valence-corrected chi connectivity index (χ0v) is 13.1. The first-order valence-corrected chi connectivity index (χ1v) is 7.63. The van der Waals surface area contributed by atoms with Gasteiger partial charge in [0.05, 0.1) is 0 Å². The number of fused-ring (bicyclic) bond motifs is 1. The van der Waals surface area contributed by atoms with Crippen LogP contribution in [0.3, 0.4) is 0 Å². The highest BCUT2D eigenvalue weighted by atomic mass is 79.9. The molecule has 2 heterocycles. The van der Waals surface area contributed by atoms with Crippen molar-refractivity contribution in [3.63, 3.8) is 0 Å². The van der Waals surface area contributed by atoms with Gasteiger partial charge in [-0.05, 0) is 30.6 Å². The van der Waals surface area contributed by atoms with Crippen LogP contribution >= 0.6 is 15.9 Å². The molecule has 2 aromatic rings. The molecule has 1 aromatic carbocycles. The Morgan fingerprint density at radius 3 is 2.70 bits per heavy atom. The summed E-state index contributed by atoms with van der Waals surface area (Å²) in [4.78, 5) is 16.6. The second kappa shape index (κ2) is 5.58. The van der Waals surface area contributed by atoms with E-state index in [0.717, 1.165) is 36.2 Å². The van der Waals surface area contributed by atoms with Crippen molar-refractivity contribution in [2.45, 2.75) is 6.54 Å². The zero-order valence-electron chi connectivity index (χ0n) is 11.6. The Morgan fingerprint density at radius 1 is 1.20 bits per heavy atom. The van der Waals surface area contributed by atoms with Gasteiger partial charge in [0, 0.05) is 42.4 Å². The summed E-state index contributed by atoms with van der Waals surface area (Å²) in [6, 6.07) is 8.21. The number of halogens is 1. The van der Waals surface area contributed by atoms with Gasteiger partial charge in [-0.25, -0.2) is 0 Å². The summed E-state index contributed by atoms with van der Waals surface area (Å²) in [5.41, 5.74) is 1.10. The summed E-state index contributed by atoms with van der Waals surface area (Å²) in [6.07, 6.45) is 1.99. The summed E-state index contributed by atoms with van der Waals surface area (Å²) < 4.78 is 3.07. The van der Waals surface area contributed by atoms with Crippen molar-refractivity contribution in [2.24, 2.45) is 0 Å². The number of likely N-dealkylation sites (N-methyl/N-ethyl adjacent to an activating group) is 1. The van der Waals surface area contributed by atoms with Gasteiger partial charge in [0.1, 0.15) is 6.54 Å². The van der Waals surface area contributed by atoms with Crippen LogP contribution in [-0.2, 0) is 11.3 Å². The van der Waals surface area contributed by atoms with Crippen LogP contribution in [0.4, 0.5) is 0 Å². The first kappa shape index (κ1) is 13.6. The number of amides is 1. The number of benzene rings is 1. The summed E-state index contributed by atoms with van der Waals surface area (Å²) in [7, 11) is 2.10. The lowest BCUT2D eigenvalue weighted by atomic mass is 10.2. The predicted molar refractivity (Wildman–Crippen MR) is 83.7 cm³/mol. The fourth-order valence-electron chi connectivity index (χ4n) is 2.60. The molecule has 0 bridgehead atoms. The number of hydrogen-bond donors (Lipinski definition) is 0. The van der Waals surface area contributed by atoms with E-state index in [-0.39, 0.29) is 5.91 Å². The lowest BCUT2D eigenvalue weighted by Crippen LogP contribution is -2.48. The van der Waals surface area contributed by atoms with Gasteiger partial charge < -0.3 is 14.4 Å². The Morgan fingerprint density at radius 2 is 1.95 bits per heavy atom. The summed E-state index contributed by atoms with van der Waals surface area (Å²) in [5.74, 6) is 0.204. The average molecular weight is 336 g/mol. The van der Waals surface area contributed by atoms with E-state index >= 15 is 0 Å². The molecule has 1 fully saturated rings. The summed E-state index contributed by atoms with van der Waals surface area (Å²) in [5, 5.41) is 1.17. The van der Waals surface area contributed by atoms with Gasteiger partial charge in [-0.1, -0.05) is 22.0 Å². The number of carbonyl (C=O) groups is 1. The molecule has 1 amide bonds. The van der Waals surface area contributed by atoms with Crippen molar-refractivity contribution >= 4 is 32.7 Å². The van der Waals surface area contributed by atoms with Gasteiger partial charge in [0.25, 0.3) is 0 Å². The maximum Gasteiger partial charge on any atom is 0.242 e. The molecule has 0 atom stereocenters. The number of hydrogen-bond acceptors (Lipinski definition) is 2. The van der Waals surface area contributed by atoms with E-state index in [1.54, 1.807) is 0 Å². The highest BCUT2D eigenvalue weighted by Crippen LogP contribution is 2.21. The Balaban J connectivity index is 1.76. The number of piperazine rings is 1. The molecule has 0 unspecified atom stereocenters. The molecule has 3 rings (SSSR count). The van der Waals surface area contributed by atoms with E-state index in [0.29, 0.717) is 6.54 Å². The highest BCUT2D eigenvalue weighted by molar-refractivity contribution is 9.10. The standard InChI is InChI=1S/C15H18BrN3O/c1-17-6-8-18(9-7-17)15(20)11-19-5-4-12-2-3-13(16)10-14(12)19/h2-5,10H,6-9,11H2,1H3. The van der Waals surface area contributed by atoms with Crippen LogP contribution in [-0.4, -0.2) is 53.5 Å². The van der Waals surface area contributed by atoms with Crippen molar-refractivity contribution in [2.75, 3.05) is 33.2 Å². The maximum absolute atomic E-state index is 12.4. The van der Waals surface area contributed by atoms with Gasteiger partial charge in [0.15, 0.2) is 0 Å². The lowest BCUT2D eigenvalue weighted by Gasteiger charge is -2.32. The molecule has 0 N–H and O–H groups in total. The molecule has 1 aliphatic rings. The van der Waals surface area contributed by atoms with E-state index in [2.05, 4.69) is 46.1 Å². The molecule has 1 aliphatic heterocycles. The Kier molecular flexibility index (Phi) is 3.81. The van der Waals surface area contributed by atoms with Crippen molar-refractivity contribution in [3.05, 3.63) is 34.9 Å². The minimum absolute atomic E-state index is 0.204. The number of rotatable bonds is 2. The topological polar surface area (TPSA) is 28.5 Å². The number of carbonyl (C=O) groups excluding carboxylic acids is 1. The molecule has 0 saturated carbocycles. The van der Waals surface area contributed by atoms with Crippen LogP contribution in [0.1, 0.15) is 0 Å². The van der Waals surface area contributed by atoms with E-state index in [1.807, 2.05) is 21.7 Å². The average Bonchev–Trinajstić information content (AvgIpc) is 2.82. The summed E-state index contributed by atoms with van der Waals surface area (Å²) >= 11 is 3.49. The minimum atomic E-state index is 0.204. The fourth-order valence-corrected chi connectivity index (χ4v) is 2.95. The number of aromatic nitrogens is 1. The van der Waals surface area contributed by atoms with Gasteiger partial charge in [-0.15, -0.1) is 0 Å². The monoisotopic (exact) mass is 335 g/mol. The highest BCUT2D eigenvalue weighted by Gasteiger charge is 2.19. The normalized spacial score (nSPS) is 16.8. The molecule has 5 heteroatoms. The van der Waals surface area contributed by atoms with E-state index in [9.17, 15) is 4.79 Å². The fraction of sp³-hybridized carbons (Fsp3) is 0.400. The smallest absolute Gasteiger partial charge is 0.242 e. The van der Waals surface area contributed by atoms with Crippen LogP contribution in [0.5, 0.6) is 0 Å². The predicted octanol–water partition coefficient (Wildman–Crippen LogP) is 2.18. The second-order valence-electron chi connectivity index (χ2n) is 5.33. The van der Waals surface area contributed by atoms with Gasteiger partial charge in [-0.2, -0.15) is 0 Å². The third-order valence-corrected chi connectivity index (χ3v) is 4.39. The molecule has 0 radical (unpaired) electrons. The minimum Gasteiger partial charge on any atom is -0.339 e. The van der Waals surface area contributed by atoms with Crippen LogP contribution in [0, 0.1) is 0 Å². The van der Waals surface area contributed by atoms with Crippen molar-refractivity contribution in [1.82, 2.24) is 14.4 Å². The van der Waals surface area contributed by atoms with Gasteiger partial charge in [-0.3, -0.25) is 4.79 Å². The molecule has 1 saturated heterocycles. The first-order valence-electron chi connectivity index (χ1n) is 6.84. The molecule has 20 heavy (non-hydrogen) atoms. The third-order valence-electron chi connectivity index (χ3n) is 3.90. The Hall–Kier alpha value is -1.33. The molecule has 1 aromatic heterocycles. The second-order valence-corrected chi connectivity index (χ2v) is 6.25. The molecule has 4 nitrogen and oxygen atoms in total.